The van der Waals surface area contributed by atoms with Crippen molar-refractivity contribution < 1.29 is 28.1 Å². The third-order valence-corrected chi connectivity index (χ3v) is 3.53. The molecule has 0 radical (unpaired) electrons. The van der Waals surface area contributed by atoms with Gasteiger partial charge in [-0.25, -0.2) is 9.98 Å². The number of rotatable bonds is 4. The smallest absolute Gasteiger partial charge is 0.390 e. The van der Waals surface area contributed by atoms with Gasteiger partial charge in [0.15, 0.2) is 11.5 Å². The lowest BCUT2D eigenvalue weighted by molar-refractivity contribution is -0.152. The molecule has 1 aromatic heterocycles. The van der Waals surface area contributed by atoms with E-state index < -0.39 is 36.1 Å². The van der Waals surface area contributed by atoms with Crippen molar-refractivity contribution in [3.05, 3.63) is 18.1 Å². The van der Waals surface area contributed by atoms with Crippen LogP contribution in [0.1, 0.15) is 5.69 Å². The van der Waals surface area contributed by atoms with Crippen LogP contribution in [0.4, 0.5) is 19.0 Å². The Balaban J connectivity index is 2.05. The normalized spacial score (nSPS) is 28.7. The summed E-state index contributed by atoms with van der Waals surface area (Å²) in [5, 5.41) is 20.2. The lowest BCUT2D eigenvalue weighted by Crippen LogP contribution is -2.53. The fourth-order valence-corrected chi connectivity index (χ4v) is 2.28. The van der Waals surface area contributed by atoms with Crippen molar-refractivity contribution in [1.29, 1.82) is 0 Å². The molecule has 0 spiro atoms. The minimum atomic E-state index is -4.61. The molecule has 0 bridgehead atoms. The fraction of sp³-hybridized carbons (Fsp3) is 0.643. The number of likely N-dealkylation sites (N-methyl/N-ethyl adjacent to an activating group) is 1. The molecule has 1 aliphatic heterocycles. The molecule has 1 fully saturated rings. The Morgan fingerprint density at radius 1 is 1.33 bits per heavy atom. The summed E-state index contributed by atoms with van der Waals surface area (Å²) in [7, 11) is 3.62. The average molecular weight is 348 g/mol. The summed E-state index contributed by atoms with van der Waals surface area (Å²) in [6, 6.07) is 0. The van der Waals surface area contributed by atoms with Gasteiger partial charge in [-0.15, -0.1) is 0 Å². The van der Waals surface area contributed by atoms with Gasteiger partial charge in [-0.3, -0.25) is 4.98 Å². The predicted molar refractivity (Wildman–Crippen MR) is 79.0 cm³/mol. The van der Waals surface area contributed by atoms with Gasteiger partial charge in [-0.05, 0) is 14.1 Å². The first-order chi connectivity index (χ1) is 11.2. The second-order valence-electron chi connectivity index (χ2n) is 5.82. The number of hydrogen-bond donors (Lipinski definition) is 2. The third kappa shape index (κ3) is 4.69. The maximum atomic E-state index is 12.6. The Morgan fingerprint density at radius 2 is 2.04 bits per heavy atom. The molecule has 2 rings (SSSR count). The summed E-state index contributed by atoms with van der Waals surface area (Å²) < 4.78 is 43.2. The molecule has 134 valence electrons. The number of aliphatic imine (C=N–C) groups is 1. The van der Waals surface area contributed by atoms with Gasteiger partial charge in [0.25, 0.3) is 0 Å². The molecule has 1 aromatic rings. The summed E-state index contributed by atoms with van der Waals surface area (Å²) in [4.78, 5) is 12.4. The number of aromatic nitrogens is 2. The monoisotopic (exact) mass is 348 g/mol. The number of ether oxygens (including phenoxy) is 1. The highest BCUT2D eigenvalue weighted by atomic mass is 19.4. The Kier molecular flexibility index (Phi) is 5.86. The molecule has 24 heavy (non-hydrogen) atoms. The van der Waals surface area contributed by atoms with Crippen LogP contribution in [0.15, 0.2) is 17.4 Å². The summed E-state index contributed by atoms with van der Waals surface area (Å²) in [5.74, 6) is -0.892. The van der Waals surface area contributed by atoms with Crippen molar-refractivity contribution in [1.82, 2.24) is 14.9 Å². The van der Waals surface area contributed by atoms with Crippen LogP contribution in [0.5, 0.6) is 0 Å². The molecule has 1 saturated heterocycles. The Bertz CT molecular complexity index is 583. The van der Waals surface area contributed by atoms with E-state index in [1.165, 1.54) is 6.21 Å². The van der Waals surface area contributed by atoms with Gasteiger partial charge in [0.05, 0.1) is 31.2 Å². The van der Waals surface area contributed by atoms with E-state index in [1.807, 2.05) is 19.0 Å². The molecule has 4 atom stereocenters. The Morgan fingerprint density at radius 3 is 2.67 bits per heavy atom. The molecule has 0 aromatic carbocycles. The number of aliphatic hydroxyl groups excluding tert-OH is 2. The van der Waals surface area contributed by atoms with Gasteiger partial charge in [0, 0.05) is 18.7 Å². The molecule has 2 N–H and O–H groups in total. The van der Waals surface area contributed by atoms with Crippen molar-refractivity contribution in [2.75, 3.05) is 27.2 Å². The van der Waals surface area contributed by atoms with Gasteiger partial charge < -0.3 is 19.8 Å². The van der Waals surface area contributed by atoms with Gasteiger partial charge in [-0.2, -0.15) is 13.2 Å². The molecule has 1 aliphatic rings. The molecular weight excluding hydrogens is 329 g/mol. The summed E-state index contributed by atoms with van der Waals surface area (Å²) in [6.07, 6.45) is -4.50. The van der Waals surface area contributed by atoms with Gasteiger partial charge >= 0.3 is 6.18 Å². The second kappa shape index (κ2) is 7.51. The van der Waals surface area contributed by atoms with Crippen LogP contribution in [0.2, 0.25) is 0 Å². The van der Waals surface area contributed by atoms with E-state index in [4.69, 9.17) is 4.74 Å². The standard InChI is InChI=1S/C14H19F3N4O3/c1-21(2)6-9-13(23)12(22)8(7-24-9)3-19-11-5-18-4-10(20-11)14(15,16)17/h3-5,8-9,12-13,22-23H,6-7H2,1-2H3/b19-3+/t8?,9-,12-,13+/m1/s1. The number of hydrogen-bond acceptors (Lipinski definition) is 7. The molecule has 1 unspecified atom stereocenters. The van der Waals surface area contributed by atoms with Crippen molar-refractivity contribution >= 4 is 12.0 Å². The molecular formula is C14H19F3N4O3. The van der Waals surface area contributed by atoms with E-state index in [0.717, 1.165) is 6.20 Å². The van der Waals surface area contributed by atoms with Crippen molar-refractivity contribution in [3.63, 3.8) is 0 Å². The number of nitrogens with zero attached hydrogens (tertiary/aromatic N) is 4. The first-order valence-corrected chi connectivity index (χ1v) is 7.24. The zero-order valence-electron chi connectivity index (χ0n) is 13.2. The van der Waals surface area contributed by atoms with E-state index in [0.29, 0.717) is 12.7 Å². The quantitative estimate of drug-likeness (QED) is 0.770. The molecule has 0 saturated carbocycles. The fourth-order valence-electron chi connectivity index (χ4n) is 2.28. The largest absolute Gasteiger partial charge is 0.434 e. The third-order valence-electron chi connectivity index (χ3n) is 3.53. The summed E-state index contributed by atoms with van der Waals surface area (Å²) in [5.41, 5.74) is -1.15. The first-order valence-electron chi connectivity index (χ1n) is 7.24. The van der Waals surface area contributed by atoms with Gasteiger partial charge in [-0.1, -0.05) is 0 Å². The Hall–Kier alpha value is -1.62. The summed E-state index contributed by atoms with van der Waals surface area (Å²) in [6.45, 7) is 0.522. The van der Waals surface area contributed by atoms with Crippen LogP contribution in [-0.4, -0.2) is 76.9 Å². The SMILES string of the molecule is CN(C)C[C@H]1OCC(/C=N/c2cncc(C(F)(F)F)n2)[C@@H](O)[C@H]1O. The van der Waals surface area contributed by atoms with Crippen molar-refractivity contribution in [2.24, 2.45) is 10.9 Å². The molecule has 7 nitrogen and oxygen atoms in total. The molecule has 2 heterocycles. The molecule has 10 heteroatoms. The number of aliphatic hydroxyl groups is 2. The summed E-state index contributed by atoms with van der Waals surface area (Å²) >= 11 is 0. The zero-order valence-corrected chi connectivity index (χ0v) is 13.2. The van der Waals surface area contributed by atoms with Crippen molar-refractivity contribution in [2.45, 2.75) is 24.5 Å². The topological polar surface area (TPSA) is 91.1 Å². The minimum absolute atomic E-state index is 0.0899. The van der Waals surface area contributed by atoms with Gasteiger partial charge in [0.1, 0.15) is 6.10 Å². The van der Waals surface area contributed by atoms with E-state index >= 15 is 0 Å². The van der Waals surface area contributed by atoms with Crippen LogP contribution >= 0.6 is 0 Å². The highest BCUT2D eigenvalue weighted by Crippen LogP contribution is 2.28. The van der Waals surface area contributed by atoms with E-state index in [2.05, 4.69) is 15.0 Å². The van der Waals surface area contributed by atoms with Crippen LogP contribution < -0.4 is 0 Å². The number of alkyl halides is 3. The van der Waals surface area contributed by atoms with Crippen LogP contribution in [0, 0.1) is 5.92 Å². The van der Waals surface area contributed by atoms with Gasteiger partial charge in [0.2, 0.25) is 0 Å². The van der Waals surface area contributed by atoms with E-state index in [1.54, 1.807) is 0 Å². The Labute approximate surface area is 136 Å². The van der Waals surface area contributed by atoms with E-state index in [-0.39, 0.29) is 12.4 Å². The zero-order chi connectivity index (χ0) is 17.9. The highest BCUT2D eigenvalue weighted by Gasteiger charge is 2.38. The lowest BCUT2D eigenvalue weighted by atomic mass is 9.93. The van der Waals surface area contributed by atoms with Crippen LogP contribution in [0.25, 0.3) is 0 Å². The van der Waals surface area contributed by atoms with E-state index in [9.17, 15) is 23.4 Å². The maximum absolute atomic E-state index is 12.6. The van der Waals surface area contributed by atoms with Crippen molar-refractivity contribution in [3.8, 4) is 0 Å². The van der Waals surface area contributed by atoms with Crippen LogP contribution in [-0.2, 0) is 10.9 Å². The minimum Gasteiger partial charge on any atom is -0.390 e. The highest BCUT2D eigenvalue weighted by molar-refractivity contribution is 5.65. The first kappa shape index (κ1) is 18.7. The molecule has 0 amide bonds. The maximum Gasteiger partial charge on any atom is 0.434 e. The second-order valence-corrected chi connectivity index (χ2v) is 5.82. The lowest BCUT2D eigenvalue weighted by Gasteiger charge is -2.37. The molecule has 0 aliphatic carbocycles. The average Bonchev–Trinajstić information content (AvgIpc) is 2.50. The van der Waals surface area contributed by atoms with Crippen LogP contribution in [0.3, 0.4) is 0 Å². The number of halogens is 3. The predicted octanol–water partition coefficient (Wildman–Crippen LogP) is 0.496.